The average molecular weight is 321 g/mol. The molecular formula is C13H18F3N3OS. The van der Waals surface area contributed by atoms with Crippen LogP contribution in [0.1, 0.15) is 36.2 Å². The second kappa shape index (κ2) is 6.72. The molecule has 0 aromatic carbocycles. The lowest BCUT2D eigenvalue weighted by Crippen LogP contribution is -2.30. The highest BCUT2D eigenvalue weighted by Crippen LogP contribution is 2.35. The van der Waals surface area contributed by atoms with Gasteiger partial charge in [-0.15, -0.1) is 0 Å². The number of carbonyl (C=O) groups excluding carboxylic acids is 1. The molecule has 0 fully saturated rings. The number of alkyl halides is 3. The number of carbonyl (C=O) groups is 1. The number of hydrogen-bond acceptors (Lipinski definition) is 3. The maximum Gasteiger partial charge on any atom is 0.435 e. The van der Waals surface area contributed by atoms with Crippen molar-refractivity contribution < 1.29 is 18.0 Å². The van der Waals surface area contributed by atoms with Crippen molar-refractivity contribution in [3.05, 3.63) is 17.0 Å². The van der Waals surface area contributed by atoms with Crippen molar-refractivity contribution in [1.82, 2.24) is 15.1 Å². The third kappa shape index (κ3) is 3.93. The Kier molecular flexibility index (Phi) is 5.18. The van der Waals surface area contributed by atoms with Crippen LogP contribution in [-0.4, -0.2) is 28.0 Å². The molecule has 4 nitrogen and oxygen atoms in total. The zero-order valence-electron chi connectivity index (χ0n) is 11.5. The van der Waals surface area contributed by atoms with Crippen molar-refractivity contribution in [2.45, 2.75) is 44.8 Å². The van der Waals surface area contributed by atoms with Crippen molar-refractivity contribution >= 4 is 18.5 Å². The van der Waals surface area contributed by atoms with Crippen LogP contribution in [0, 0.1) is 0 Å². The van der Waals surface area contributed by atoms with Crippen molar-refractivity contribution in [3.63, 3.8) is 0 Å². The summed E-state index contributed by atoms with van der Waals surface area (Å²) in [6, 6.07) is 0. The third-order valence-electron chi connectivity index (χ3n) is 3.50. The minimum Gasteiger partial charge on any atom is -0.354 e. The van der Waals surface area contributed by atoms with Gasteiger partial charge >= 0.3 is 6.18 Å². The van der Waals surface area contributed by atoms with Crippen LogP contribution in [0.4, 0.5) is 13.2 Å². The number of thiol groups is 1. The van der Waals surface area contributed by atoms with Gasteiger partial charge in [-0.3, -0.25) is 9.48 Å². The van der Waals surface area contributed by atoms with Gasteiger partial charge in [-0.25, -0.2) is 0 Å². The highest BCUT2D eigenvalue weighted by Gasteiger charge is 2.39. The number of nitrogens with zero attached hydrogens (tertiary/aromatic N) is 2. The van der Waals surface area contributed by atoms with E-state index < -0.39 is 11.9 Å². The topological polar surface area (TPSA) is 46.9 Å². The fraction of sp³-hybridized carbons (Fsp3) is 0.692. The van der Waals surface area contributed by atoms with E-state index in [0.29, 0.717) is 30.8 Å². The predicted molar refractivity (Wildman–Crippen MR) is 75.4 cm³/mol. The largest absolute Gasteiger partial charge is 0.435 e. The number of rotatable bonds is 4. The van der Waals surface area contributed by atoms with Crippen LogP contribution in [0.15, 0.2) is 0 Å². The van der Waals surface area contributed by atoms with Crippen LogP contribution >= 0.6 is 12.6 Å². The molecule has 0 bridgehead atoms. The first-order valence-electron chi connectivity index (χ1n) is 6.96. The molecule has 21 heavy (non-hydrogen) atoms. The summed E-state index contributed by atoms with van der Waals surface area (Å²) in [5, 5.41) is 6.26. The predicted octanol–water partition coefficient (Wildman–Crippen LogP) is 2.22. The summed E-state index contributed by atoms with van der Waals surface area (Å²) in [6.07, 6.45) is -1.10. The van der Waals surface area contributed by atoms with Gasteiger partial charge in [0, 0.05) is 23.6 Å². The molecule has 1 aliphatic carbocycles. The lowest BCUT2D eigenvalue weighted by molar-refractivity contribution is -0.142. The summed E-state index contributed by atoms with van der Waals surface area (Å²) in [6.45, 7) is 0.212. The summed E-state index contributed by atoms with van der Waals surface area (Å²) < 4.78 is 40.4. The molecule has 0 saturated carbocycles. The van der Waals surface area contributed by atoms with E-state index >= 15 is 0 Å². The average Bonchev–Trinajstić information content (AvgIpc) is 2.61. The molecule has 8 heteroatoms. The van der Waals surface area contributed by atoms with Crippen LogP contribution in [0.5, 0.6) is 0 Å². The van der Waals surface area contributed by atoms with E-state index in [4.69, 9.17) is 0 Å². The molecule has 0 saturated heterocycles. The zero-order chi connectivity index (χ0) is 15.5. The highest BCUT2D eigenvalue weighted by atomic mass is 32.1. The molecule has 118 valence electrons. The van der Waals surface area contributed by atoms with Gasteiger partial charge in [0.2, 0.25) is 5.91 Å². The van der Waals surface area contributed by atoms with E-state index in [0.717, 1.165) is 19.3 Å². The molecule has 0 aliphatic heterocycles. The minimum atomic E-state index is -4.47. The van der Waals surface area contributed by atoms with Crippen molar-refractivity contribution in [3.8, 4) is 0 Å². The maximum absolute atomic E-state index is 13.1. The van der Waals surface area contributed by atoms with Crippen LogP contribution in [0.25, 0.3) is 0 Å². The third-order valence-corrected chi connectivity index (χ3v) is 3.73. The van der Waals surface area contributed by atoms with Crippen LogP contribution in [0.2, 0.25) is 0 Å². The quantitative estimate of drug-likeness (QED) is 0.660. The molecular weight excluding hydrogens is 303 g/mol. The summed E-state index contributed by atoms with van der Waals surface area (Å²) in [4.78, 5) is 11.7. The monoisotopic (exact) mass is 321 g/mol. The first kappa shape index (κ1) is 16.2. The smallest absolute Gasteiger partial charge is 0.354 e. The molecule has 1 aromatic heterocycles. The van der Waals surface area contributed by atoms with E-state index in [1.165, 1.54) is 4.68 Å². The number of fused-ring (bicyclic) bond motifs is 1. The standard InChI is InChI=1S/C13H18F3N3OS/c14-13(15,16)12-9-4-2-1-3-5-10(9)19(18-12)8-11(20)17-6-7-21/h21H,1-8H2,(H,17,20). The van der Waals surface area contributed by atoms with E-state index in [1.807, 2.05) is 0 Å². The Bertz CT molecular complexity index is 513. The Labute approximate surface area is 126 Å². The normalized spacial score (nSPS) is 15.4. The number of nitrogens with one attached hydrogen (secondary N) is 1. The maximum atomic E-state index is 13.1. The Morgan fingerprint density at radius 1 is 1.29 bits per heavy atom. The molecule has 0 atom stereocenters. The van der Waals surface area contributed by atoms with Gasteiger partial charge in [0.05, 0.1) is 0 Å². The van der Waals surface area contributed by atoms with E-state index in [1.54, 1.807) is 0 Å². The second-order valence-corrected chi connectivity index (χ2v) is 5.51. The Morgan fingerprint density at radius 3 is 2.67 bits per heavy atom. The molecule has 0 spiro atoms. The fourth-order valence-electron chi connectivity index (χ4n) is 2.59. The van der Waals surface area contributed by atoms with Crippen molar-refractivity contribution in [2.24, 2.45) is 0 Å². The molecule has 1 aliphatic rings. The summed E-state index contributed by atoms with van der Waals surface area (Å²) >= 11 is 3.97. The number of halogens is 3. The molecule has 1 aromatic rings. The van der Waals surface area contributed by atoms with Gasteiger partial charge in [0.1, 0.15) is 6.54 Å². The summed E-state index contributed by atoms with van der Waals surface area (Å²) in [5.41, 5.74) is -0.00996. The Hall–Kier alpha value is -1.18. The van der Waals surface area contributed by atoms with E-state index in [9.17, 15) is 18.0 Å². The molecule has 1 N–H and O–H groups in total. The molecule has 1 heterocycles. The SMILES string of the molecule is O=C(Cn1nc(C(F)(F)F)c2c1CCCCC2)NCCS. The van der Waals surface area contributed by atoms with Crippen LogP contribution in [-0.2, 0) is 30.4 Å². The van der Waals surface area contributed by atoms with Crippen molar-refractivity contribution in [1.29, 1.82) is 0 Å². The first-order valence-corrected chi connectivity index (χ1v) is 7.60. The van der Waals surface area contributed by atoms with Gasteiger partial charge in [0.25, 0.3) is 0 Å². The van der Waals surface area contributed by atoms with Crippen molar-refractivity contribution in [2.75, 3.05) is 12.3 Å². The molecule has 1 amide bonds. The van der Waals surface area contributed by atoms with E-state index in [2.05, 4.69) is 23.0 Å². The number of hydrogen-bond donors (Lipinski definition) is 2. The van der Waals surface area contributed by atoms with Gasteiger partial charge in [-0.1, -0.05) is 6.42 Å². The second-order valence-electron chi connectivity index (χ2n) is 5.06. The number of aromatic nitrogens is 2. The lowest BCUT2D eigenvalue weighted by atomic mass is 10.1. The Balaban J connectivity index is 2.28. The molecule has 0 unspecified atom stereocenters. The summed E-state index contributed by atoms with van der Waals surface area (Å²) in [7, 11) is 0. The Morgan fingerprint density at radius 2 is 2.00 bits per heavy atom. The van der Waals surface area contributed by atoms with Crippen LogP contribution in [0.3, 0.4) is 0 Å². The first-order chi connectivity index (χ1) is 9.93. The van der Waals surface area contributed by atoms with Crippen LogP contribution < -0.4 is 5.32 Å². The molecule has 0 radical (unpaired) electrons. The van der Waals surface area contributed by atoms with Gasteiger partial charge in [0.15, 0.2) is 5.69 Å². The summed E-state index contributed by atoms with van der Waals surface area (Å²) in [5.74, 6) is 0.142. The van der Waals surface area contributed by atoms with Gasteiger partial charge in [-0.2, -0.15) is 30.9 Å². The highest BCUT2D eigenvalue weighted by molar-refractivity contribution is 7.80. The fourth-order valence-corrected chi connectivity index (χ4v) is 2.71. The van der Waals surface area contributed by atoms with E-state index in [-0.39, 0.29) is 18.0 Å². The molecule has 2 rings (SSSR count). The zero-order valence-corrected chi connectivity index (χ0v) is 12.4. The van der Waals surface area contributed by atoms with Gasteiger partial charge in [-0.05, 0) is 25.7 Å². The number of amides is 1. The van der Waals surface area contributed by atoms with Gasteiger partial charge < -0.3 is 5.32 Å². The lowest BCUT2D eigenvalue weighted by Gasteiger charge is -2.07. The minimum absolute atomic E-state index is 0.174.